The standard InChI is InChI=1S/C30H50N2O3/c1-4-6-8-9-10-11-12-13-14-15-16-17-18-19-20-21-29(33)32-27-25-26(22-23-28(27)35-3)30(34)31-24-7-5-2/h13-14,22-23,25H,4-12,15-21,24H2,1-3H3,(H,31,34)(H,32,33). The maximum atomic E-state index is 12.4. The number of ether oxygens (including phenoxy) is 1. The third kappa shape index (κ3) is 15.3. The van der Waals surface area contributed by atoms with Gasteiger partial charge in [0, 0.05) is 18.5 Å². The minimum absolute atomic E-state index is 0.0375. The first-order chi connectivity index (χ1) is 17.1. The van der Waals surface area contributed by atoms with Crippen LogP contribution in [0.1, 0.15) is 127 Å². The summed E-state index contributed by atoms with van der Waals surface area (Å²) >= 11 is 0. The third-order valence-electron chi connectivity index (χ3n) is 6.22. The Morgan fingerprint density at radius 3 is 2.03 bits per heavy atom. The Hall–Kier alpha value is -2.30. The molecule has 0 aliphatic carbocycles. The number of anilines is 1. The highest BCUT2D eigenvalue weighted by Gasteiger charge is 2.12. The summed E-state index contributed by atoms with van der Waals surface area (Å²) in [7, 11) is 1.57. The van der Waals surface area contributed by atoms with Crippen molar-refractivity contribution in [1.29, 1.82) is 0 Å². The van der Waals surface area contributed by atoms with E-state index in [2.05, 4.69) is 36.6 Å². The van der Waals surface area contributed by atoms with Crippen molar-refractivity contribution in [3.63, 3.8) is 0 Å². The number of benzene rings is 1. The number of carbonyl (C=O) groups is 2. The Morgan fingerprint density at radius 2 is 1.40 bits per heavy atom. The molecule has 0 saturated carbocycles. The van der Waals surface area contributed by atoms with Gasteiger partial charge in [0.25, 0.3) is 5.91 Å². The molecule has 0 aliphatic rings. The van der Waals surface area contributed by atoms with Gasteiger partial charge in [-0.25, -0.2) is 0 Å². The molecule has 0 radical (unpaired) electrons. The van der Waals surface area contributed by atoms with E-state index in [0.29, 0.717) is 30.0 Å². The van der Waals surface area contributed by atoms with Gasteiger partial charge in [0.05, 0.1) is 12.8 Å². The lowest BCUT2D eigenvalue weighted by Gasteiger charge is -2.12. The van der Waals surface area contributed by atoms with E-state index in [1.165, 1.54) is 64.2 Å². The van der Waals surface area contributed by atoms with E-state index in [4.69, 9.17) is 4.74 Å². The molecule has 1 rings (SSSR count). The molecule has 198 valence electrons. The second-order valence-electron chi connectivity index (χ2n) is 9.41. The molecule has 0 fully saturated rings. The van der Waals surface area contributed by atoms with Crippen LogP contribution in [-0.2, 0) is 4.79 Å². The average Bonchev–Trinajstić information content (AvgIpc) is 2.86. The molecular weight excluding hydrogens is 436 g/mol. The molecule has 0 atom stereocenters. The van der Waals surface area contributed by atoms with Crippen molar-refractivity contribution in [3.05, 3.63) is 35.9 Å². The van der Waals surface area contributed by atoms with Gasteiger partial charge >= 0.3 is 0 Å². The van der Waals surface area contributed by atoms with E-state index in [-0.39, 0.29) is 11.8 Å². The van der Waals surface area contributed by atoms with Gasteiger partial charge in [0.1, 0.15) is 5.75 Å². The highest BCUT2D eigenvalue weighted by atomic mass is 16.5. The first-order valence-corrected chi connectivity index (χ1v) is 14.0. The number of rotatable bonds is 21. The van der Waals surface area contributed by atoms with Crippen LogP contribution in [0, 0.1) is 0 Å². The maximum Gasteiger partial charge on any atom is 0.251 e. The molecule has 0 spiro atoms. The molecule has 2 amide bonds. The SMILES string of the molecule is CCCCCCCCC=CCCCCCCCC(=O)Nc1cc(C(=O)NCCCC)ccc1OC. The molecule has 0 unspecified atom stereocenters. The summed E-state index contributed by atoms with van der Waals surface area (Å²) in [6.45, 7) is 5.00. The van der Waals surface area contributed by atoms with Crippen LogP contribution in [0.3, 0.4) is 0 Å². The van der Waals surface area contributed by atoms with E-state index in [1.807, 2.05) is 0 Å². The molecule has 35 heavy (non-hydrogen) atoms. The van der Waals surface area contributed by atoms with Crippen LogP contribution in [0.2, 0.25) is 0 Å². The number of unbranched alkanes of at least 4 members (excludes halogenated alkanes) is 12. The van der Waals surface area contributed by atoms with Crippen LogP contribution < -0.4 is 15.4 Å². The van der Waals surface area contributed by atoms with Crippen LogP contribution in [0.25, 0.3) is 0 Å². The van der Waals surface area contributed by atoms with Crippen molar-refractivity contribution in [3.8, 4) is 5.75 Å². The molecule has 5 nitrogen and oxygen atoms in total. The van der Waals surface area contributed by atoms with Gasteiger partial charge in [-0.2, -0.15) is 0 Å². The number of methoxy groups -OCH3 is 1. The minimum atomic E-state index is -0.131. The fraction of sp³-hybridized carbons (Fsp3) is 0.667. The fourth-order valence-electron chi connectivity index (χ4n) is 4.00. The molecule has 0 saturated heterocycles. The quantitative estimate of drug-likeness (QED) is 0.136. The largest absolute Gasteiger partial charge is 0.495 e. The van der Waals surface area contributed by atoms with Crippen LogP contribution >= 0.6 is 0 Å². The first kappa shape index (κ1) is 30.7. The smallest absolute Gasteiger partial charge is 0.251 e. The van der Waals surface area contributed by atoms with Crippen molar-refractivity contribution in [2.75, 3.05) is 19.0 Å². The maximum absolute atomic E-state index is 12.4. The molecule has 0 aromatic heterocycles. The normalized spacial score (nSPS) is 11.1. The zero-order valence-corrected chi connectivity index (χ0v) is 22.6. The van der Waals surface area contributed by atoms with E-state index < -0.39 is 0 Å². The van der Waals surface area contributed by atoms with Crippen LogP contribution in [0.5, 0.6) is 5.75 Å². The van der Waals surface area contributed by atoms with Gasteiger partial charge in [-0.1, -0.05) is 83.8 Å². The molecular formula is C30H50N2O3. The first-order valence-electron chi connectivity index (χ1n) is 14.0. The van der Waals surface area contributed by atoms with Crippen molar-refractivity contribution in [2.45, 2.75) is 117 Å². The number of hydrogen-bond donors (Lipinski definition) is 2. The predicted molar refractivity (Wildman–Crippen MR) is 148 cm³/mol. The van der Waals surface area contributed by atoms with Crippen molar-refractivity contribution in [1.82, 2.24) is 5.32 Å². The van der Waals surface area contributed by atoms with Crippen LogP contribution in [-0.4, -0.2) is 25.5 Å². The Balaban J connectivity index is 2.18. The summed E-state index contributed by atoms with van der Waals surface area (Å²) in [6, 6.07) is 5.14. The minimum Gasteiger partial charge on any atom is -0.495 e. The number of allylic oxidation sites excluding steroid dienone is 2. The number of amides is 2. The summed E-state index contributed by atoms with van der Waals surface area (Å²) in [4.78, 5) is 24.7. The second kappa shape index (κ2) is 21.0. The van der Waals surface area contributed by atoms with Gasteiger partial charge in [0.2, 0.25) is 5.91 Å². The van der Waals surface area contributed by atoms with Crippen LogP contribution in [0.4, 0.5) is 5.69 Å². The van der Waals surface area contributed by atoms with Gasteiger partial charge in [-0.05, 0) is 56.7 Å². The van der Waals surface area contributed by atoms with Crippen molar-refractivity contribution >= 4 is 17.5 Å². The summed E-state index contributed by atoms with van der Waals surface area (Å²) < 4.78 is 5.36. The van der Waals surface area contributed by atoms with Crippen molar-refractivity contribution in [2.24, 2.45) is 0 Å². The predicted octanol–water partition coefficient (Wildman–Crippen LogP) is 8.20. The van der Waals surface area contributed by atoms with E-state index in [0.717, 1.165) is 32.1 Å². The zero-order chi connectivity index (χ0) is 25.6. The van der Waals surface area contributed by atoms with Gasteiger partial charge in [-0.3, -0.25) is 9.59 Å². The second-order valence-corrected chi connectivity index (χ2v) is 9.41. The summed E-state index contributed by atoms with van der Waals surface area (Å²) in [6.07, 6.45) is 23.2. The number of carbonyl (C=O) groups excluding carboxylic acids is 2. The molecule has 5 heteroatoms. The fourth-order valence-corrected chi connectivity index (χ4v) is 4.00. The molecule has 1 aromatic carbocycles. The molecule has 1 aromatic rings. The molecule has 0 aliphatic heterocycles. The highest BCUT2D eigenvalue weighted by Crippen LogP contribution is 2.26. The summed E-state index contributed by atoms with van der Waals surface area (Å²) in [5.41, 5.74) is 1.08. The van der Waals surface area contributed by atoms with Gasteiger partial charge < -0.3 is 15.4 Å². The van der Waals surface area contributed by atoms with Gasteiger partial charge in [0.15, 0.2) is 0 Å². The Bertz CT molecular complexity index is 730. The number of nitrogens with one attached hydrogen (secondary N) is 2. The summed E-state index contributed by atoms with van der Waals surface area (Å²) in [5, 5.41) is 5.83. The lowest BCUT2D eigenvalue weighted by atomic mass is 10.1. The Kier molecular flexibility index (Phi) is 18.5. The van der Waals surface area contributed by atoms with E-state index >= 15 is 0 Å². The van der Waals surface area contributed by atoms with E-state index in [9.17, 15) is 9.59 Å². The monoisotopic (exact) mass is 486 g/mol. The lowest BCUT2D eigenvalue weighted by Crippen LogP contribution is -2.24. The average molecular weight is 487 g/mol. The lowest BCUT2D eigenvalue weighted by molar-refractivity contribution is -0.116. The number of hydrogen-bond acceptors (Lipinski definition) is 3. The molecule has 0 heterocycles. The van der Waals surface area contributed by atoms with Crippen molar-refractivity contribution < 1.29 is 14.3 Å². The van der Waals surface area contributed by atoms with E-state index in [1.54, 1.807) is 25.3 Å². The zero-order valence-electron chi connectivity index (χ0n) is 22.6. The Morgan fingerprint density at radius 1 is 0.800 bits per heavy atom. The highest BCUT2D eigenvalue weighted by molar-refractivity contribution is 5.98. The van der Waals surface area contributed by atoms with Crippen LogP contribution in [0.15, 0.2) is 30.4 Å². The molecule has 0 bridgehead atoms. The molecule has 2 N–H and O–H groups in total. The van der Waals surface area contributed by atoms with Gasteiger partial charge in [-0.15, -0.1) is 0 Å². The Labute approximate surface area is 214 Å². The summed E-state index contributed by atoms with van der Waals surface area (Å²) in [5.74, 6) is 0.395. The topological polar surface area (TPSA) is 67.4 Å². The third-order valence-corrected chi connectivity index (χ3v) is 6.22.